The van der Waals surface area contributed by atoms with Crippen LogP contribution in [0.4, 0.5) is 0 Å². The fourth-order valence-corrected chi connectivity index (χ4v) is 3.27. The van der Waals surface area contributed by atoms with Gasteiger partial charge in [-0.1, -0.05) is 24.9 Å². The van der Waals surface area contributed by atoms with E-state index in [0.29, 0.717) is 6.42 Å². The second kappa shape index (κ2) is 9.79. The molecule has 0 aliphatic carbocycles. The van der Waals surface area contributed by atoms with Gasteiger partial charge in [0.2, 0.25) is 0 Å². The maximum atomic E-state index is 12.2. The maximum absolute atomic E-state index is 12.2. The highest BCUT2D eigenvalue weighted by Crippen LogP contribution is 2.50. The van der Waals surface area contributed by atoms with Gasteiger partial charge in [0.05, 0.1) is 13.2 Å². The average molecular weight is 301 g/mol. The Morgan fingerprint density at radius 1 is 1.28 bits per heavy atom. The van der Waals surface area contributed by atoms with Crippen LogP contribution in [0.3, 0.4) is 0 Å². The molecule has 0 heterocycles. The average Bonchev–Trinajstić information content (AvgIpc) is 2.26. The van der Waals surface area contributed by atoms with Gasteiger partial charge in [0.15, 0.2) is 0 Å². The van der Waals surface area contributed by atoms with E-state index in [2.05, 4.69) is 0 Å². The smallest absolute Gasteiger partial charge is 0.343 e. The topological polar surface area (TPSA) is 61.8 Å². The molecule has 5 nitrogen and oxygen atoms in total. The van der Waals surface area contributed by atoms with Gasteiger partial charge in [-0.15, -0.1) is 0 Å². The zero-order chi connectivity index (χ0) is 14.0. The predicted octanol–water partition coefficient (Wildman–Crippen LogP) is 3.55. The third-order valence-electron chi connectivity index (χ3n) is 2.01. The van der Waals surface area contributed by atoms with Gasteiger partial charge in [-0.3, -0.25) is 13.9 Å². The minimum atomic E-state index is -3.51. The predicted molar refractivity (Wildman–Crippen MR) is 71.0 cm³/mol. The molecule has 0 amide bonds. The van der Waals surface area contributed by atoms with Gasteiger partial charge in [0.25, 0.3) is 0 Å². The highest BCUT2D eigenvalue weighted by molar-refractivity contribution is 7.54. The van der Waals surface area contributed by atoms with E-state index in [1.165, 1.54) is 0 Å². The molecular formula is C11H22ClO5P. The standard InChI is InChI=1S/C11H22ClO5P/c1-4-7-8-10(12)17-18(14,16-6-3)9-11(13)15-5-2/h10H,4-9H2,1-3H3. The van der Waals surface area contributed by atoms with Crippen molar-refractivity contribution in [3.63, 3.8) is 0 Å². The summed E-state index contributed by atoms with van der Waals surface area (Å²) in [6.45, 7) is 5.79. The van der Waals surface area contributed by atoms with E-state index in [1.54, 1.807) is 13.8 Å². The van der Waals surface area contributed by atoms with Crippen molar-refractivity contribution in [2.75, 3.05) is 19.4 Å². The lowest BCUT2D eigenvalue weighted by molar-refractivity contribution is -0.140. The summed E-state index contributed by atoms with van der Waals surface area (Å²) in [5, 5.41) is 0. The second-order valence-electron chi connectivity index (χ2n) is 3.65. The molecule has 0 fully saturated rings. The molecule has 0 saturated carbocycles. The van der Waals surface area contributed by atoms with Crippen LogP contribution < -0.4 is 0 Å². The number of carbonyl (C=O) groups excluding carboxylic acids is 1. The summed E-state index contributed by atoms with van der Waals surface area (Å²) in [5.74, 6) is -0.603. The van der Waals surface area contributed by atoms with Crippen LogP contribution in [0, 0.1) is 0 Å². The molecule has 0 radical (unpaired) electrons. The molecule has 0 aromatic rings. The van der Waals surface area contributed by atoms with Crippen LogP contribution in [0.15, 0.2) is 0 Å². The van der Waals surface area contributed by atoms with Crippen LogP contribution in [-0.4, -0.2) is 30.9 Å². The van der Waals surface area contributed by atoms with Crippen LogP contribution in [0.25, 0.3) is 0 Å². The molecule has 0 N–H and O–H groups in total. The van der Waals surface area contributed by atoms with E-state index in [9.17, 15) is 9.36 Å². The Labute approximate surface area is 114 Å². The molecule has 7 heteroatoms. The molecule has 0 aliphatic heterocycles. The van der Waals surface area contributed by atoms with Crippen LogP contribution in [-0.2, 0) is 23.1 Å². The number of esters is 1. The van der Waals surface area contributed by atoms with Gasteiger partial charge >= 0.3 is 13.6 Å². The highest BCUT2D eigenvalue weighted by Gasteiger charge is 2.31. The number of hydrogen-bond acceptors (Lipinski definition) is 5. The summed E-state index contributed by atoms with van der Waals surface area (Å²) in [7, 11) is -3.51. The molecule has 0 rings (SSSR count). The van der Waals surface area contributed by atoms with E-state index in [0.717, 1.165) is 12.8 Å². The van der Waals surface area contributed by atoms with Crippen LogP contribution in [0.1, 0.15) is 40.0 Å². The Morgan fingerprint density at radius 2 is 1.94 bits per heavy atom. The summed E-state index contributed by atoms with van der Waals surface area (Å²) in [5.41, 5.74) is -0.711. The van der Waals surface area contributed by atoms with Gasteiger partial charge in [-0.05, 0) is 26.7 Å². The van der Waals surface area contributed by atoms with Crippen molar-refractivity contribution in [2.45, 2.75) is 45.6 Å². The molecule has 0 aromatic heterocycles. The highest BCUT2D eigenvalue weighted by atomic mass is 35.5. The Bertz CT molecular complexity index is 285. The molecule has 2 unspecified atom stereocenters. The molecule has 108 valence electrons. The van der Waals surface area contributed by atoms with Crippen LogP contribution in [0.2, 0.25) is 0 Å². The molecule has 2 atom stereocenters. The van der Waals surface area contributed by atoms with E-state index >= 15 is 0 Å². The molecule has 18 heavy (non-hydrogen) atoms. The first-order valence-electron chi connectivity index (χ1n) is 6.19. The van der Waals surface area contributed by atoms with E-state index in [-0.39, 0.29) is 13.2 Å². The monoisotopic (exact) mass is 300 g/mol. The number of hydrogen-bond donors (Lipinski definition) is 0. The molecule has 0 aromatic carbocycles. The van der Waals surface area contributed by atoms with Gasteiger partial charge in [-0.2, -0.15) is 0 Å². The zero-order valence-electron chi connectivity index (χ0n) is 11.2. The summed E-state index contributed by atoms with van der Waals surface area (Å²) in [6, 6.07) is 0. The molecule has 0 bridgehead atoms. The van der Waals surface area contributed by atoms with Gasteiger partial charge in [0.1, 0.15) is 11.7 Å². The molecule has 0 aliphatic rings. The Morgan fingerprint density at radius 3 is 2.44 bits per heavy atom. The van der Waals surface area contributed by atoms with E-state index in [1.807, 2.05) is 6.92 Å². The molecule has 0 saturated heterocycles. The lowest BCUT2D eigenvalue weighted by Crippen LogP contribution is -2.15. The van der Waals surface area contributed by atoms with E-state index < -0.39 is 25.3 Å². The number of ether oxygens (including phenoxy) is 1. The fraction of sp³-hybridized carbons (Fsp3) is 0.909. The van der Waals surface area contributed by atoms with Crippen LogP contribution in [0.5, 0.6) is 0 Å². The second-order valence-corrected chi connectivity index (χ2v) is 6.14. The minimum absolute atomic E-state index is 0.189. The molecular weight excluding hydrogens is 279 g/mol. The SMILES string of the molecule is CCCCC(Cl)OP(=O)(CC(=O)OCC)OCC. The first kappa shape index (κ1) is 17.9. The van der Waals surface area contributed by atoms with Crippen molar-refractivity contribution >= 4 is 25.2 Å². The summed E-state index contributed by atoms with van der Waals surface area (Å²) in [6.07, 6.45) is 1.99. The maximum Gasteiger partial charge on any atom is 0.343 e. The number of alkyl halides is 1. The van der Waals surface area contributed by atoms with E-state index in [4.69, 9.17) is 25.4 Å². The summed E-state index contributed by atoms with van der Waals surface area (Å²) < 4.78 is 27.2. The Hall–Kier alpha value is -0.0900. The number of unbranched alkanes of at least 4 members (excludes halogenated alkanes) is 1. The number of rotatable bonds is 10. The van der Waals surface area contributed by atoms with Gasteiger partial charge < -0.3 is 9.26 Å². The van der Waals surface area contributed by atoms with Crippen molar-refractivity contribution < 1.29 is 23.1 Å². The zero-order valence-corrected chi connectivity index (χ0v) is 12.8. The normalized spacial score (nSPS) is 16.0. The van der Waals surface area contributed by atoms with Crippen molar-refractivity contribution in [3.8, 4) is 0 Å². The Balaban J connectivity index is 4.41. The fourth-order valence-electron chi connectivity index (χ4n) is 1.27. The van der Waals surface area contributed by atoms with Gasteiger partial charge in [-0.25, -0.2) is 0 Å². The van der Waals surface area contributed by atoms with Crippen molar-refractivity contribution in [2.24, 2.45) is 0 Å². The summed E-state index contributed by atoms with van der Waals surface area (Å²) in [4.78, 5) is 11.3. The lowest BCUT2D eigenvalue weighted by atomic mass is 10.3. The van der Waals surface area contributed by atoms with Gasteiger partial charge in [0, 0.05) is 0 Å². The van der Waals surface area contributed by atoms with Crippen molar-refractivity contribution in [1.29, 1.82) is 0 Å². The van der Waals surface area contributed by atoms with Crippen LogP contribution >= 0.6 is 19.2 Å². The first-order chi connectivity index (χ1) is 8.47. The van der Waals surface area contributed by atoms with Crippen molar-refractivity contribution in [1.82, 2.24) is 0 Å². The quantitative estimate of drug-likeness (QED) is 0.351. The largest absolute Gasteiger partial charge is 0.466 e. The number of halogens is 1. The third kappa shape index (κ3) is 8.09. The minimum Gasteiger partial charge on any atom is -0.466 e. The molecule has 0 spiro atoms. The summed E-state index contributed by atoms with van der Waals surface area (Å²) >= 11 is 5.91. The lowest BCUT2D eigenvalue weighted by Gasteiger charge is -2.20. The Kier molecular flexibility index (Phi) is 9.74. The first-order valence-corrected chi connectivity index (χ1v) is 8.35. The number of carbonyl (C=O) groups is 1. The third-order valence-corrected chi connectivity index (χ3v) is 4.32. The van der Waals surface area contributed by atoms with Crippen molar-refractivity contribution in [3.05, 3.63) is 0 Å².